The van der Waals surface area contributed by atoms with E-state index in [1.54, 1.807) is 6.92 Å². The van der Waals surface area contributed by atoms with Crippen molar-refractivity contribution in [1.82, 2.24) is 5.32 Å². The van der Waals surface area contributed by atoms with Crippen LogP contribution in [0.3, 0.4) is 0 Å². The predicted molar refractivity (Wildman–Crippen MR) is 86.4 cm³/mol. The van der Waals surface area contributed by atoms with Crippen molar-refractivity contribution in [2.24, 2.45) is 5.92 Å². The number of thiophene rings is 1. The fraction of sp³-hybridized carbons (Fsp3) is 0.500. The minimum Gasteiger partial charge on any atom is -0.464 e. The third kappa shape index (κ3) is 4.60. The number of amides is 1. The molecule has 0 spiro atoms. The maximum atomic E-state index is 12.3. The van der Waals surface area contributed by atoms with Gasteiger partial charge in [0, 0.05) is 0 Å². The second kappa shape index (κ2) is 8.37. The Morgan fingerprint density at radius 1 is 1.41 bits per heavy atom. The van der Waals surface area contributed by atoms with Gasteiger partial charge in [0.05, 0.1) is 17.2 Å². The highest BCUT2D eigenvalue weighted by atomic mass is 35.5. The quantitative estimate of drug-likeness (QED) is 0.783. The number of nitrogens with zero attached hydrogens (tertiary/aromatic N) is 1. The van der Waals surface area contributed by atoms with E-state index in [2.05, 4.69) is 5.32 Å². The Hall–Kier alpha value is -1.29. The normalized spacial score (nSPS) is 11.9. The van der Waals surface area contributed by atoms with Crippen LogP contribution in [0.25, 0.3) is 0 Å². The van der Waals surface area contributed by atoms with E-state index in [1.165, 1.54) is 0 Å². The van der Waals surface area contributed by atoms with Gasteiger partial charge < -0.3 is 10.1 Å². The number of carbonyl (C=O) groups is 2. The lowest BCUT2D eigenvalue weighted by molar-refractivity contribution is -0.145. The van der Waals surface area contributed by atoms with Crippen molar-refractivity contribution < 1.29 is 14.3 Å². The van der Waals surface area contributed by atoms with Crippen molar-refractivity contribution in [1.29, 1.82) is 5.26 Å². The predicted octanol–water partition coefficient (Wildman–Crippen LogP) is 3.63. The van der Waals surface area contributed by atoms with Crippen molar-refractivity contribution in [3.63, 3.8) is 0 Å². The molecule has 1 aromatic heterocycles. The molecule has 0 saturated carbocycles. The molecule has 0 aromatic carbocycles. The number of nitriles is 1. The molecule has 0 fully saturated rings. The third-order valence-electron chi connectivity index (χ3n) is 2.71. The Morgan fingerprint density at radius 3 is 2.55 bits per heavy atom. The fourth-order valence-corrected chi connectivity index (χ4v) is 3.20. The Kier molecular flexibility index (Phi) is 7.14. The van der Waals surface area contributed by atoms with Gasteiger partial charge in [-0.25, -0.2) is 4.79 Å². The molecule has 22 heavy (non-hydrogen) atoms. The van der Waals surface area contributed by atoms with Gasteiger partial charge in [-0.15, -0.1) is 11.3 Å². The Bertz CT molecular complexity index is 608. The topological polar surface area (TPSA) is 79.2 Å². The molecule has 0 saturated heterocycles. The first-order chi connectivity index (χ1) is 10.3. The molecule has 1 unspecified atom stereocenters. The van der Waals surface area contributed by atoms with Crippen LogP contribution in [0, 0.1) is 17.2 Å². The largest absolute Gasteiger partial charge is 0.464 e. The average Bonchev–Trinajstić information content (AvgIpc) is 2.73. The van der Waals surface area contributed by atoms with E-state index in [-0.39, 0.29) is 32.3 Å². The van der Waals surface area contributed by atoms with Crippen molar-refractivity contribution in [3.8, 4) is 6.07 Å². The molecule has 1 rings (SSSR count). The van der Waals surface area contributed by atoms with Crippen LogP contribution in [0.5, 0.6) is 0 Å². The van der Waals surface area contributed by atoms with Gasteiger partial charge >= 0.3 is 5.97 Å². The highest BCUT2D eigenvalue weighted by molar-refractivity contribution is 7.19. The van der Waals surface area contributed by atoms with E-state index < -0.39 is 17.9 Å². The van der Waals surface area contributed by atoms with Crippen molar-refractivity contribution in [3.05, 3.63) is 19.8 Å². The minimum atomic E-state index is -0.779. The fourth-order valence-electron chi connectivity index (χ4n) is 1.80. The lowest BCUT2D eigenvalue weighted by atomic mass is 10.0. The maximum Gasteiger partial charge on any atom is 0.328 e. The molecule has 1 atom stereocenters. The zero-order chi connectivity index (χ0) is 16.9. The second-order valence-electron chi connectivity index (χ2n) is 4.91. The van der Waals surface area contributed by atoms with Crippen molar-refractivity contribution in [2.45, 2.75) is 33.2 Å². The number of halogens is 2. The smallest absolute Gasteiger partial charge is 0.328 e. The lowest BCUT2D eigenvalue weighted by Crippen LogP contribution is -2.42. The monoisotopic (exact) mass is 362 g/mol. The SMILES string of the molecule is CCOC(=O)C(CC(C)C)NC(=O)c1sc(Cl)c(Cl)c1C#N. The van der Waals surface area contributed by atoms with E-state index in [0.717, 1.165) is 11.3 Å². The number of ether oxygens (including phenoxy) is 1. The summed E-state index contributed by atoms with van der Waals surface area (Å²) in [4.78, 5) is 24.3. The summed E-state index contributed by atoms with van der Waals surface area (Å²) in [7, 11) is 0. The molecule has 0 radical (unpaired) electrons. The summed E-state index contributed by atoms with van der Waals surface area (Å²) >= 11 is 12.6. The minimum absolute atomic E-state index is 0.0151. The van der Waals surface area contributed by atoms with E-state index in [9.17, 15) is 9.59 Å². The van der Waals surface area contributed by atoms with Crippen LogP contribution < -0.4 is 5.32 Å². The van der Waals surface area contributed by atoms with Crippen LogP contribution in [-0.4, -0.2) is 24.5 Å². The maximum absolute atomic E-state index is 12.3. The Labute approximate surface area is 143 Å². The number of hydrogen-bond donors (Lipinski definition) is 1. The molecule has 1 aromatic rings. The van der Waals surface area contributed by atoms with E-state index >= 15 is 0 Å². The molecule has 5 nitrogen and oxygen atoms in total. The van der Waals surface area contributed by atoms with Crippen LogP contribution in [0.15, 0.2) is 0 Å². The molecule has 1 N–H and O–H groups in total. The van der Waals surface area contributed by atoms with Gasteiger partial charge in [-0.3, -0.25) is 4.79 Å². The molecular weight excluding hydrogens is 347 g/mol. The standard InChI is InChI=1S/C14H16Cl2N2O3S/c1-4-21-14(20)9(5-7(2)3)18-13(19)11-8(6-17)10(15)12(16)22-11/h7,9H,4-5H2,1-3H3,(H,18,19). The number of esters is 1. The highest BCUT2D eigenvalue weighted by Crippen LogP contribution is 2.36. The molecule has 120 valence electrons. The van der Waals surface area contributed by atoms with Gasteiger partial charge in [0.15, 0.2) is 0 Å². The Balaban J connectivity index is 2.99. The summed E-state index contributed by atoms with van der Waals surface area (Å²) < 4.78 is 5.13. The molecule has 1 amide bonds. The summed E-state index contributed by atoms with van der Waals surface area (Å²) in [5.41, 5.74) is 0.0151. The number of nitrogens with one attached hydrogen (secondary N) is 1. The average molecular weight is 363 g/mol. The van der Waals surface area contributed by atoms with Crippen molar-refractivity contribution >= 4 is 46.4 Å². The number of hydrogen-bond acceptors (Lipinski definition) is 5. The molecular formula is C14H16Cl2N2O3S. The van der Waals surface area contributed by atoms with Crippen molar-refractivity contribution in [2.75, 3.05) is 6.61 Å². The molecule has 0 aliphatic heterocycles. The first kappa shape index (κ1) is 18.8. The Morgan fingerprint density at radius 2 is 2.05 bits per heavy atom. The number of rotatable bonds is 6. The van der Waals surface area contributed by atoms with Gasteiger partial charge in [-0.1, -0.05) is 37.0 Å². The summed E-state index contributed by atoms with van der Waals surface area (Å²) in [5, 5.41) is 11.7. The molecule has 0 bridgehead atoms. The number of carbonyl (C=O) groups excluding carboxylic acids is 2. The molecule has 0 aliphatic carbocycles. The van der Waals surface area contributed by atoms with Gasteiger partial charge in [-0.2, -0.15) is 5.26 Å². The zero-order valence-electron chi connectivity index (χ0n) is 12.4. The van der Waals surface area contributed by atoms with Gasteiger partial charge in [0.25, 0.3) is 5.91 Å². The van der Waals surface area contributed by atoms with Gasteiger partial charge in [0.1, 0.15) is 21.3 Å². The summed E-state index contributed by atoms with van der Waals surface area (Å²) in [6, 6.07) is 1.07. The lowest BCUT2D eigenvalue weighted by Gasteiger charge is -2.18. The second-order valence-corrected chi connectivity index (χ2v) is 6.91. The summed E-state index contributed by atoms with van der Waals surface area (Å²) in [6.45, 7) is 5.78. The van der Waals surface area contributed by atoms with E-state index in [0.29, 0.717) is 6.42 Å². The first-order valence-corrected chi connectivity index (χ1v) is 8.24. The van der Waals surface area contributed by atoms with Crippen LogP contribution in [-0.2, 0) is 9.53 Å². The first-order valence-electron chi connectivity index (χ1n) is 6.67. The van der Waals surface area contributed by atoms with Gasteiger partial charge in [0.2, 0.25) is 0 Å². The van der Waals surface area contributed by atoms with Crippen LogP contribution in [0.2, 0.25) is 9.36 Å². The van der Waals surface area contributed by atoms with Crippen LogP contribution in [0.1, 0.15) is 42.4 Å². The molecule has 1 heterocycles. The molecule has 0 aliphatic rings. The van der Waals surface area contributed by atoms with Crippen LogP contribution in [0.4, 0.5) is 0 Å². The highest BCUT2D eigenvalue weighted by Gasteiger charge is 2.27. The van der Waals surface area contributed by atoms with E-state index in [1.807, 2.05) is 19.9 Å². The van der Waals surface area contributed by atoms with Crippen LogP contribution >= 0.6 is 34.5 Å². The van der Waals surface area contributed by atoms with Gasteiger partial charge in [-0.05, 0) is 19.3 Å². The molecule has 8 heteroatoms. The third-order valence-corrected chi connectivity index (χ3v) is 4.70. The van der Waals surface area contributed by atoms with E-state index in [4.69, 9.17) is 33.2 Å². The summed E-state index contributed by atoms with van der Waals surface area (Å²) in [5.74, 6) is -0.883. The summed E-state index contributed by atoms with van der Waals surface area (Å²) in [6.07, 6.45) is 0.430. The zero-order valence-corrected chi connectivity index (χ0v) is 14.7.